The van der Waals surface area contributed by atoms with Gasteiger partial charge in [-0.15, -0.1) is 11.3 Å². The van der Waals surface area contributed by atoms with Gasteiger partial charge in [0.05, 0.1) is 23.8 Å². The van der Waals surface area contributed by atoms with Crippen LogP contribution in [0.2, 0.25) is 0 Å². The number of morpholine rings is 1. The van der Waals surface area contributed by atoms with Gasteiger partial charge < -0.3 is 9.64 Å². The van der Waals surface area contributed by atoms with Crippen LogP contribution < -0.4 is 4.90 Å². The van der Waals surface area contributed by atoms with E-state index in [4.69, 9.17) is 10.1 Å². The quantitative estimate of drug-likeness (QED) is 0.571. The van der Waals surface area contributed by atoms with Gasteiger partial charge in [-0.3, -0.25) is 20.1 Å². The molecule has 0 bridgehead atoms. The Hall–Kier alpha value is -3.28. The SMILES string of the molecule is N=C1S/C(=C\c2c[nH]nc2-c2ccc(C(=O)N3CCOCC3)cc2)C(=O)N1c1nccs1. The summed E-state index contributed by atoms with van der Waals surface area (Å²) in [6.07, 6.45) is 5.04. The van der Waals surface area contributed by atoms with E-state index in [-0.39, 0.29) is 17.0 Å². The number of thiazole rings is 1. The van der Waals surface area contributed by atoms with Gasteiger partial charge in [-0.1, -0.05) is 12.1 Å². The number of thioether (sulfide) groups is 1. The van der Waals surface area contributed by atoms with Crippen LogP contribution in [-0.4, -0.2) is 63.4 Å². The van der Waals surface area contributed by atoms with Crippen LogP contribution in [-0.2, 0) is 9.53 Å². The average Bonchev–Trinajstić information content (AvgIpc) is 3.56. The fourth-order valence-electron chi connectivity index (χ4n) is 3.49. The molecule has 162 valence electrons. The first-order valence-electron chi connectivity index (χ1n) is 9.85. The molecule has 0 unspecified atom stereocenters. The predicted molar refractivity (Wildman–Crippen MR) is 124 cm³/mol. The molecule has 0 atom stereocenters. The van der Waals surface area contributed by atoms with Crippen LogP contribution in [0.4, 0.5) is 5.13 Å². The molecule has 2 amide bonds. The van der Waals surface area contributed by atoms with Crippen LogP contribution in [0.3, 0.4) is 0 Å². The average molecular weight is 467 g/mol. The Morgan fingerprint density at radius 1 is 1.22 bits per heavy atom. The van der Waals surface area contributed by atoms with Crippen molar-refractivity contribution < 1.29 is 14.3 Å². The van der Waals surface area contributed by atoms with Gasteiger partial charge in [0.1, 0.15) is 0 Å². The number of H-pyrrole nitrogens is 1. The third kappa shape index (κ3) is 3.85. The molecular weight excluding hydrogens is 448 g/mol. The number of aromatic nitrogens is 3. The van der Waals surface area contributed by atoms with Crippen molar-refractivity contribution in [2.24, 2.45) is 0 Å². The Morgan fingerprint density at radius 3 is 2.72 bits per heavy atom. The van der Waals surface area contributed by atoms with Crippen LogP contribution in [0.25, 0.3) is 17.3 Å². The third-order valence-electron chi connectivity index (χ3n) is 5.09. The van der Waals surface area contributed by atoms with Gasteiger partial charge in [0.25, 0.3) is 11.8 Å². The van der Waals surface area contributed by atoms with E-state index >= 15 is 0 Å². The van der Waals surface area contributed by atoms with Gasteiger partial charge >= 0.3 is 0 Å². The van der Waals surface area contributed by atoms with Crippen LogP contribution in [0.1, 0.15) is 15.9 Å². The van der Waals surface area contributed by atoms with Gasteiger partial charge in [0.2, 0.25) is 0 Å². The van der Waals surface area contributed by atoms with Gasteiger partial charge in [-0.2, -0.15) is 5.10 Å². The van der Waals surface area contributed by atoms with Crippen LogP contribution in [0.5, 0.6) is 0 Å². The molecule has 0 spiro atoms. The number of anilines is 1. The number of nitrogens with zero attached hydrogens (tertiary/aromatic N) is 4. The minimum atomic E-state index is -0.284. The molecule has 0 aliphatic carbocycles. The van der Waals surface area contributed by atoms with Crippen LogP contribution in [0.15, 0.2) is 46.9 Å². The fraction of sp³-hybridized carbons (Fsp3) is 0.190. The molecule has 4 heterocycles. The molecule has 1 aromatic carbocycles. The lowest BCUT2D eigenvalue weighted by atomic mass is 10.0. The summed E-state index contributed by atoms with van der Waals surface area (Å²) in [7, 11) is 0. The minimum absolute atomic E-state index is 0.0158. The molecule has 2 fully saturated rings. The maximum atomic E-state index is 12.8. The van der Waals surface area contributed by atoms with Crippen LogP contribution >= 0.6 is 23.1 Å². The van der Waals surface area contributed by atoms with Crippen molar-refractivity contribution in [1.29, 1.82) is 5.41 Å². The lowest BCUT2D eigenvalue weighted by Gasteiger charge is -2.26. The topological polar surface area (TPSA) is 115 Å². The number of carbonyl (C=O) groups is 2. The van der Waals surface area contributed by atoms with Gasteiger partial charge in [-0.25, -0.2) is 9.88 Å². The normalized spacial score (nSPS) is 18.1. The Kier molecular flexibility index (Phi) is 5.60. The molecule has 3 aromatic rings. The monoisotopic (exact) mass is 466 g/mol. The number of rotatable bonds is 4. The zero-order valence-corrected chi connectivity index (χ0v) is 18.4. The molecule has 2 aliphatic heterocycles. The number of carbonyl (C=O) groups excluding carboxylic acids is 2. The summed E-state index contributed by atoms with van der Waals surface area (Å²) in [4.78, 5) is 33.1. The van der Waals surface area contributed by atoms with E-state index in [9.17, 15) is 9.59 Å². The minimum Gasteiger partial charge on any atom is -0.378 e. The number of hydrogen-bond acceptors (Lipinski definition) is 8. The summed E-state index contributed by atoms with van der Waals surface area (Å²) in [6.45, 7) is 2.30. The lowest BCUT2D eigenvalue weighted by Crippen LogP contribution is -2.40. The number of hydrogen-bond donors (Lipinski definition) is 2. The molecule has 32 heavy (non-hydrogen) atoms. The number of amides is 2. The first-order valence-corrected chi connectivity index (χ1v) is 11.5. The molecule has 0 saturated carbocycles. The van der Waals surface area contributed by atoms with Crippen molar-refractivity contribution in [3.8, 4) is 11.3 Å². The second-order valence-electron chi connectivity index (χ2n) is 7.04. The molecule has 11 heteroatoms. The molecule has 0 radical (unpaired) electrons. The molecule has 5 rings (SSSR count). The van der Waals surface area contributed by atoms with Gasteiger partial charge in [0.15, 0.2) is 10.3 Å². The maximum absolute atomic E-state index is 12.8. The zero-order chi connectivity index (χ0) is 22.1. The number of benzene rings is 1. The van der Waals surface area contributed by atoms with Crippen molar-refractivity contribution >= 4 is 51.3 Å². The number of ether oxygens (including phenoxy) is 1. The van der Waals surface area contributed by atoms with Crippen molar-refractivity contribution in [2.45, 2.75) is 0 Å². The van der Waals surface area contributed by atoms with E-state index in [1.165, 1.54) is 16.2 Å². The highest BCUT2D eigenvalue weighted by atomic mass is 32.2. The maximum Gasteiger partial charge on any atom is 0.273 e. The smallest absolute Gasteiger partial charge is 0.273 e. The van der Waals surface area contributed by atoms with Crippen molar-refractivity contribution in [3.63, 3.8) is 0 Å². The molecular formula is C21H18N6O3S2. The van der Waals surface area contributed by atoms with E-state index < -0.39 is 0 Å². The van der Waals surface area contributed by atoms with E-state index in [0.717, 1.165) is 22.9 Å². The summed E-state index contributed by atoms with van der Waals surface area (Å²) < 4.78 is 5.31. The highest BCUT2D eigenvalue weighted by molar-refractivity contribution is 8.19. The van der Waals surface area contributed by atoms with Gasteiger partial charge in [-0.05, 0) is 30.0 Å². The second kappa shape index (κ2) is 8.69. The number of aromatic amines is 1. The summed E-state index contributed by atoms with van der Waals surface area (Å²) in [5.74, 6) is -0.300. The summed E-state index contributed by atoms with van der Waals surface area (Å²) in [5.41, 5.74) is 2.82. The third-order valence-corrected chi connectivity index (χ3v) is 6.74. The van der Waals surface area contributed by atoms with Crippen molar-refractivity contribution in [2.75, 3.05) is 31.2 Å². The molecule has 9 nitrogen and oxygen atoms in total. The van der Waals surface area contributed by atoms with E-state index in [2.05, 4.69) is 15.2 Å². The second-order valence-corrected chi connectivity index (χ2v) is 8.95. The Morgan fingerprint density at radius 2 is 2.00 bits per heavy atom. The summed E-state index contributed by atoms with van der Waals surface area (Å²) in [5, 5.41) is 17.7. The lowest BCUT2D eigenvalue weighted by molar-refractivity contribution is -0.113. The molecule has 2 saturated heterocycles. The van der Waals surface area contributed by atoms with E-state index in [0.29, 0.717) is 47.6 Å². The van der Waals surface area contributed by atoms with Crippen molar-refractivity contribution in [3.05, 3.63) is 58.1 Å². The predicted octanol–water partition coefficient (Wildman–Crippen LogP) is 3.06. The molecule has 2 aliphatic rings. The Bertz CT molecular complexity index is 1200. The number of nitrogens with one attached hydrogen (secondary N) is 2. The van der Waals surface area contributed by atoms with Gasteiger partial charge in [0, 0.05) is 47.6 Å². The molecule has 2 N–H and O–H groups in total. The standard InChI is InChI=1S/C21H18N6O3S2/c22-20-27(21-23-5-10-31-21)19(29)16(32-20)11-15-12-24-25-17(15)13-1-3-14(4-2-13)18(28)26-6-8-30-9-7-26/h1-5,10-12,22H,6-9H2,(H,24,25)/b16-11-,22-20?. The Labute approximate surface area is 191 Å². The first kappa shape index (κ1) is 20.6. The number of amidine groups is 1. The summed E-state index contributed by atoms with van der Waals surface area (Å²) >= 11 is 2.40. The highest BCUT2D eigenvalue weighted by Crippen LogP contribution is 2.37. The van der Waals surface area contributed by atoms with E-state index in [1.54, 1.807) is 40.9 Å². The zero-order valence-electron chi connectivity index (χ0n) is 16.8. The first-order chi connectivity index (χ1) is 15.6. The van der Waals surface area contributed by atoms with Crippen molar-refractivity contribution in [1.82, 2.24) is 20.1 Å². The Balaban J connectivity index is 1.37. The highest BCUT2D eigenvalue weighted by Gasteiger charge is 2.35. The molecule has 2 aromatic heterocycles. The largest absolute Gasteiger partial charge is 0.378 e. The van der Waals surface area contributed by atoms with Crippen LogP contribution in [0, 0.1) is 5.41 Å². The fourth-order valence-corrected chi connectivity index (χ4v) is 5.02. The van der Waals surface area contributed by atoms with E-state index in [1.807, 2.05) is 12.1 Å². The summed E-state index contributed by atoms with van der Waals surface area (Å²) in [6, 6.07) is 7.26.